The van der Waals surface area contributed by atoms with E-state index < -0.39 is 0 Å². The summed E-state index contributed by atoms with van der Waals surface area (Å²) in [5, 5.41) is 0. The van der Waals surface area contributed by atoms with Gasteiger partial charge in [-0.05, 0) is 57.0 Å². The summed E-state index contributed by atoms with van der Waals surface area (Å²) in [4.78, 5) is 14.1. The Kier molecular flexibility index (Phi) is 8.62. The van der Waals surface area contributed by atoms with E-state index in [2.05, 4.69) is 63.4 Å². The van der Waals surface area contributed by atoms with Gasteiger partial charge >= 0.3 is 0 Å². The van der Waals surface area contributed by atoms with Gasteiger partial charge in [-0.2, -0.15) is 0 Å². The Morgan fingerprint density at radius 1 is 0.909 bits per heavy atom. The van der Waals surface area contributed by atoms with Crippen molar-refractivity contribution >= 4 is 6.29 Å². The molecule has 3 rings (SSSR count). The molecule has 0 heterocycles. The number of ether oxygens (including phenoxy) is 1. The summed E-state index contributed by atoms with van der Waals surface area (Å²) in [6, 6.07) is 27.0. The lowest BCUT2D eigenvalue weighted by atomic mass is 9.83. The summed E-state index contributed by atoms with van der Waals surface area (Å²) in [6.45, 7) is 14.6. The van der Waals surface area contributed by atoms with Gasteiger partial charge in [-0.3, -0.25) is 9.69 Å². The highest BCUT2D eigenvalue weighted by Crippen LogP contribution is 2.38. The van der Waals surface area contributed by atoms with Gasteiger partial charge in [0.15, 0.2) is 0 Å². The van der Waals surface area contributed by atoms with Crippen molar-refractivity contribution < 1.29 is 9.53 Å². The molecule has 0 fully saturated rings. The molecule has 172 valence electrons. The van der Waals surface area contributed by atoms with Gasteiger partial charge in [-0.15, -0.1) is 0 Å². The van der Waals surface area contributed by atoms with Crippen LogP contribution in [0.2, 0.25) is 0 Å². The molecular weight excluding hydrogens is 406 g/mol. The average Bonchev–Trinajstić information content (AvgIpc) is 2.82. The van der Waals surface area contributed by atoms with Crippen LogP contribution in [0.1, 0.15) is 60.7 Å². The lowest BCUT2D eigenvalue weighted by molar-refractivity contribution is 0.112. The van der Waals surface area contributed by atoms with Crippen molar-refractivity contribution in [2.45, 2.75) is 52.3 Å². The lowest BCUT2D eigenvalue weighted by Crippen LogP contribution is -2.39. The van der Waals surface area contributed by atoms with Gasteiger partial charge in [-0.1, -0.05) is 72.8 Å². The summed E-state index contributed by atoms with van der Waals surface area (Å²) in [5.41, 5.74) is 4.93. The Balaban J connectivity index is 2.03. The van der Waals surface area contributed by atoms with Crippen LogP contribution >= 0.6 is 0 Å². The number of benzene rings is 3. The SMILES string of the molecule is C=C(CN(C(C)C)C(C)C)[C@H](c1ccccc1)c1cc(C=O)ccc1OCc1ccccc1. The number of carbonyl (C=O) groups is 1. The van der Waals surface area contributed by atoms with Crippen molar-refractivity contribution in [1.82, 2.24) is 4.90 Å². The second-order valence-electron chi connectivity index (χ2n) is 9.05. The van der Waals surface area contributed by atoms with E-state index in [1.54, 1.807) is 0 Å². The van der Waals surface area contributed by atoms with Crippen LogP contribution in [0.5, 0.6) is 5.75 Å². The van der Waals surface area contributed by atoms with E-state index in [9.17, 15) is 4.79 Å². The molecule has 0 aliphatic rings. The molecule has 0 bridgehead atoms. The molecule has 0 saturated carbocycles. The number of carbonyl (C=O) groups excluding carboxylic acids is 1. The highest BCUT2D eigenvalue weighted by Gasteiger charge is 2.25. The third-order valence-electron chi connectivity index (χ3n) is 5.97. The highest BCUT2D eigenvalue weighted by atomic mass is 16.5. The first-order valence-corrected chi connectivity index (χ1v) is 11.6. The number of aldehydes is 1. The van der Waals surface area contributed by atoms with E-state index >= 15 is 0 Å². The standard InChI is InChI=1S/C30H35NO2/c1-22(2)31(23(3)4)19-24(5)30(27-14-10-7-11-15-27)28-18-26(20-32)16-17-29(28)33-21-25-12-8-6-9-13-25/h6-18,20,22-23,30H,5,19,21H2,1-4H3/t30-/m1/s1. The van der Waals surface area contributed by atoms with E-state index in [0.717, 1.165) is 40.8 Å². The zero-order chi connectivity index (χ0) is 23.8. The van der Waals surface area contributed by atoms with Crippen molar-refractivity contribution in [2.24, 2.45) is 0 Å². The zero-order valence-electron chi connectivity index (χ0n) is 20.2. The predicted molar refractivity (Wildman–Crippen MR) is 137 cm³/mol. The van der Waals surface area contributed by atoms with E-state index in [1.165, 1.54) is 0 Å². The van der Waals surface area contributed by atoms with Crippen LogP contribution in [0.15, 0.2) is 91.0 Å². The first kappa shape index (κ1) is 24.5. The molecule has 1 atom stereocenters. The molecule has 3 nitrogen and oxygen atoms in total. The molecule has 0 aliphatic carbocycles. The summed E-state index contributed by atoms with van der Waals surface area (Å²) in [6.07, 6.45) is 0.893. The topological polar surface area (TPSA) is 29.5 Å². The molecule has 0 aromatic heterocycles. The molecule has 0 saturated heterocycles. The maximum atomic E-state index is 11.7. The smallest absolute Gasteiger partial charge is 0.150 e. The summed E-state index contributed by atoms with van der Waals surface area (Å²) < 4.78 is 6.30. The first-order chi connectivity index (χ1) is 15.9. The molecule has 0 unspecified atom stereocenters. The second-order valence-corrected chi connectivity index (χ2v) is 9.05. The largest absolute Gasteiger partial charge is 0.489 e. The van der Waals surface area contributed by atoms with E-state index in [1.807, 2.05) is 54.6 Å². The molecular formula is C30H35NO2. The number of rotatable bonds is 11. The number of hydrogen-bond donors (Lipinski definition) is 0. The fourth-order valence-corrected chi connectivity index (χ4v) is 4.30. The van der Waals surface area contributed by atoms with E-state index in [4.69, 9.17) is 4.74 Å². The Labute approximate surface area is 198 Å². The van der Waals surface area contributed by atoms with Crippen molar-refractivity contribution in [3.05, 3.63) is 113 Å². The maximum Gasteiger partial charge on any atom is 0.150 e. The predicted octanol–water partition coefficient (Wildman–Crippen LogP) is 6.89. The van der Waals surface area contributed by atoms with Crippen LogP contribution in [0, 0.1) is 0 Å². The molecule has 3 aromatic rings. The van der Waals surface area contributed by atoms with Crippen LogP contribution in [0.25, 0.3) is 0 Å². The van der Waals surface area contributed by atoms with Gasteiger partial charge in [-0.25, -0.2) is 0 Å². The summed E-state index contributed by atoms with van der Waals surface area (Å²) >= 11 is 0. The van der Waals surface area contributed by atoms with Crippen LogP contribution in [0.3, 0.4) is 0 Å². The van der Waals surface area contributed by atoms with Gasteiger partial charge < -0.3 is 4.74 Å². The minimum absolute atomic E-state index is 0.0862. The fourth-order valence-electron chi connectivity index (χ4n) is 4.30. The minimum Gasteiger partial charge on any atom is -0.489 e. The Bertz CT molecular complexity index is 1030. The van der Waals surface area contributed by atoms with Gasteiger partial charge in [0.1, 0.15) is 18.6 Å². The highest BCUT2D eigenvalue weighted by molar-refractivity contribution is 5.76. The van der Waals surface area contributed by atoms with Crippen LogP contribution in [0.4, 0.5) is 0 Å². The summed E-state index contributed by atoms with van der Waals surface area (Å²) in [7, 11) is 0. The summed E-state index contributed by atoms with van der Waals surface area (Å²) in [5.74, 6) is 0.692. The fraction of sp³-hybridized carbons (Fsp3) is 0.300. The third-order valence-corrected chi connectivity index (χ3v) is 5.97. The van der Waals surface area contributed by atoms with Crippen molar-refractivity contribution in [3.8, 4) is 5.75 Å². The van der Waals surface area contributed by atoms with Gasteiger partial charge in [0.2, 0.25) is 0 Å². The van der Waals surface area contributed by atoms with Gasteiger partial charge in [0.25, 0.3) is 0 Å². The molecule has 0 aliphatic heterocycles. The Hall–Kier alpha value is -3.17. The Morgan fingerprint density at radius 3 is 2.09 bits per heavy atom. The van der Waals surface area contributed by atoms with Crippen molar-refractivity contribution in [2.75, 3.05) is 6.54 Å². The van der Waals surface area contributed by atoms with Gasteiger partial charge in [0.05, 0.1) is 0 Å². The molecule has 0 N–H and O–H groups in total. The quantitative estimate of drug-likeness (QED) is 0.240. The monoisotopic (exact) mass is 441 g/mol. The number of hydrogen-bond acceptors (Lipinski definition) is 3. The minimum atomic E-state index is -0.0862. The van der Waals surface area contributed by atoms with E-state index in [0.29, 0.717) is 24.3 Å². The third kappa shape index (κ3) is 6.43. The van der Waals surface area contributed by atoms with Crippen LogP contribution < -0.4 is 4.74 Å². The molecule has 0 amide bonds. The average molecular weight is 442 g/mol. The second kappa shape index (κ2) is 11.6. The van der Waals surface area contributed by atoms with Gasteiger partial charge in [0, 0.05) is 35.7 Å². The molecule has 33 heavy (non-hydrogen) atoms. The van der Waals surface area contributed by atoms with Crippen molar-refractivity contribution in [3.63, 3.8) is 0 Å². The normalized spacial score (nSPS) is 12.2. The van der Waals surface area contributed by atoms with Crippen molar-refractivity contribution in [1.29, 1.82) is 0 Å². The van der Waals surface area contributed by atoms with Crippen LogP contribution in [-0.2, 0) is 6.61 Å². The molecule has 3 aromatic carbocycles. The maximum absolute atomic E-state index is 11.7. The first-order valence-electron chi connectivity index (χ1n) is 11.6. The number of nitrogens with zero attached hydrogens (tertiary/aromatic N) is 1. The lowest BCUT2D eigenvalue weighted by Gasteiger charge is -2.34. The Morgan fingerprint density at radius 2 is 1.52 bits per heavy atom. The molecule has 3 heteroatoms. The zero-order valence-corrected chi connectivity index (χ0v) is 20.2. The molecule has 0 spiro atoms. The van der Waals surface area contributed by atoms with Crippen LogP contribution in [-0.4, -0.2) is 29.8 Å². The van der Waals surface area contributed by atoms with E-state index in [-0.39, 0.29) is 5.92 Å². The molecule has 0 radical (unpaired) electrons.